The van der Waals surface area contributed by atoms with E-state index in [0.29, 0.717) is 0 Å². The molecule has 2 heterocycles. The summed E-state index contributed by atoms with van der Waals surface area (Å²) in [5.74, 6) is 0.388. The molecule has 0 aliphatic heterocycles. The van der Waals surface area contributed by atoms with Crippen LogP contribution in [-0.4, -0.2) is 4.57 Å². The highest BCUT2D eigenvalue weighted by Gasteiger charge is 2.28. The Labute approximate surface area is 425 Å². The summed E-state index contributed by atoms with van der Waals surface area (Å²) in [4.78, 5) is 2.51. The first-order valence-corrected chi connectivity index (χ1v) is 25.5. The minimum absolute atomic E-state index is 0.110. The third-order valence-corrected chi connectivity index (χ3v) is 15.3. The van der Waals surface area contributed by atoms with Gasteiger partial charge in [0.2, 0.25) is 0 Å². The van der Waals surface area contributed by atoms with E-state index in [1.54, 1.807) is 0 Å². The summed E-state index contributed by atoms with van der Waals surface area (Å²) in [6.07, 6.45) is 15.9. The molecular weight excluding hydrogens is 885 g/mol. The Bertz CT molecular complexity index is 4200. The van der Waals surface area contributed by atoms with Crippen LogP contribution in [0.4, 0.5) is 5.69 Å². The van der Waals surface area contributed by atoms with Gasteiger partial charge < -0.3 is 13.9 Å². The van der Waals surface area contributed by atoms with Gasteiger partial charge in [0.25, 0.3) is 0 Å². The van der Waals surface area contributed by atoms with Crippen molar-refractivity contribution < 1.29 is 4.42 Å². The van der Waals surface area contributed by atoms with Crippen molar-refractivity contribution >= 4 is 60.2 Å². The molecule has 0 radical (unpaired) electrons. The molecule has 3 nitrogen and oxygen atoms in total. The summed E-state index contributed by atoms with van der Waals surface area (Å²) in [6.45, 7) is 0. The van der Waals surface area contributed by atoms with Crippen molar-refractivity contribution in [3.8, 4) is 39.1 Å². The van der Waals surface area contributed by atoms with Crippen LogP contribution < -0.4 is 4.90 Å². The second-order valence-corrected chi connectivity index (χ2v) is 19.5. The second-order valence-electron chi connectivity index (χ2n) is 19.5. The number of hydrogen-bond acceptors (Lipinski definition) is 2. The van der Waals surface area contributed by atoms with Crippen LogP contribution in [0.15, 0.2) is 283 Å². The lowest BCUT2D eigenvalue weighted by molar-refractivity contribution is 0.666. The first kappa shape index (κ1) is 42.7. The molecule has 0 fully saturated rings. The third-order valence-electron chi connectivity index (χ3n) is 15.3. The number of benzene rings is 10. The topological polar surface area (TPSA) is 21.3 Å². The standard InChI is InChI=1S/C70H50N2O/c1-2-16-47(17-3-1)49-38-42-55(43-39-49)71(56-44-40-50(41-45-56)48-34-36-52(37-35-48)58-26-13-19-51-18-4-5-22-57(51)58)64-29-9-6-23-59(64)53-20-12-21-54(46-53)60-27-14-31-66-69(60)63-25-7-10-30-65(63)72(66)67-32-15-28-62-61-24-8-11-33-68(61)73-70(62)67/h1-22,24-40,42-46,50,59H,23,41H2. The van der Waals surface area contributed by atoms with Crippen LogP contribution in [0.3, 0.4) is 0 Å². The molecule has 346 valence electrons. The van der Waals surface area contributed by atoms with Gasteiger partial charge in [0.15, 0.2) is 5.58 Å². The quantitative estimate of drug-likeness (QED) is 0.144. The van der Waals surface area contributed by atoms with Gasteiger partial charge in [-0.25, -0.2) is 0 Å². The average molecular weight is 935 g/mol. The summed E-state index contributed by atoms with van der Waals surface area (Å²) in [5.41, 5.74) is 18.7. The fourth-order valence-corrected chi connectivity index (χ4v) is 11.8. The lowest BCUT2D eigenvalue weighted by Crippen LogP contribution is -2.27. The summed E-state index contributed by atoms with van der Waals surface area (Å²) < 4.78 is 9.04. The number of hydrogen-bond donors (Lipinski definition) is 0. The molecule has 3 heteroatoms. The molecule has 10 aromatic carbocycles. The number of allylic oxidation sites excluding steroid dienone is 7. The minimum Gasteiger partial charge on any atom is -0.454 e. The van der Waals surface area contributed by atoms with Gasteiger partial charge in [-0.2, -0.15) is 0 Å². The first-order valence-electron chi connectivity index (χ1n) is 25.5. The van der Waals surface area contributed by atoms with Crippen LogP contribution in [-0.2, 0) is 0 Å². The number of aromatic nitrogens is 1. The highest BCUT2D eigenvalue weighted by atomic mass is 16.3. The van der Waals surface area contributed by atoms with Crippen molar-refractivity contribution in [1.29, 1.82) is 0 Å². The van der Waals surface area contributed by atoms with Gasteiger partial charge in [-0.1, -0.05) is 218 Å². The van der Waals surface area contributed by atoms with Gasteiger partial charge in [-0.05, 0) is 117 Å². The van der Waals surface area contributed by atoms with Gasteiger partial charge in [0, 0.05) is 50.5 Å². The molecule has 0 saturated carbocycles. The zero-order valence-corrected chi connectivity index (χ0v) is 40.3. The Morgan fingerprint density at radius 1 is 0.479 bits per heavy atom. The Morgan fingerprint density at radius 2 is 1.15 bits per heavy atom. The van der Waals surface area contributed by atoms with Crippen LogP contribution in [0.5, 0.6) is 0 Å². The van der Waals surface area contributed by atoms with Gasteiger partial charge in [0.05, 0.1) is 16.7 Å². The summed E-state index contributed by atoms with van der Waals surface area (Å²) in [7, 11) is 0. The third kappa shape index (κ3) is 7.43. The van der Waals surface area contributed by atoms with E-state index in [4.69, 9.17) is 4.42 Å². The Morgan fingerprint density at radius 3 is 2.01 bits per heavy atom. The molecule has 0 saturated heterocycles. The monoisotopic (exact) mass is 934 g/mol. The van der Waals surface area contributed by atoms with E-state index in [9.17, 15) is 0 Å². The highest BCUT2D eigenvalue weighted by molar-refractivity contribution is 6.17. The van der Waals surface area contributed by atoms with Crippen molar-refractivity contribution in [1.82, 2.24) is 4.57 Å². The summed E-state index contributed by atoms with van der Waals surface area (Å²) in [5, 5.41) is 7.25. The molecule has 73 heavy (non-hydrogen) atoms. The number of anilines is 1. The lowest BCUT2D eigenvalue weighted by Gasteiger charge is -2.36. The van der Waals surface area contributed by atoms with Crippen LogP contribution in [0.25, 0.3) is 93.6 Å². The number of rotatable bonds is 9. The molecule has 2 atom stereocenters. The van der Waals surface area contributed by atoms with Crippen LogP contribution >= 0.6 is 0 Å². The first-order chi connectivity index (χ1) is 36.2. The maximum Gasteiger partial charge on any atom is 0.159 e. The zero-order valence-electron chi connectivity index (χ0n) is 40.3. The zero-order chi connectivity index (χ0) is 48.2. The Balaban J connectivity index is 0.831. The van der Waals surface area contributed by atoms with Gasteiger partial charge >= 0.3 is 0 Å². The van der Waals surface area contributed by atoms with E-state index in [-0.39, 0.29) is 11.8 Å². The van der Waals surface area contributed by atoms with E-state index in [1.807, 2.05) is 6.07 Å². The van der Waals surface area contributed by atoms with Crippen molar-refractivity contribution in [2.24, 2.45) is 0 Å². The molecule has 0 amide bonds. The van der Waals surface area contributed by atoms with E-state index in [0.717, 1.165) is 57.2 Å². The molecular formula is C70H50N2O. The largest absolute Gasteiger partial charge is 0.454 e. The predicted molar refractivity (Wildman–Crippen MR) is 306 cm³/mol. The number of para-hydroxylation sites is 3. The molecule has 2 unspecified atom stereocenters. The molecule has 0 bridgehead atoms. The average Bonchev–Trinajstić information content (AvgIpc) is 4.03. The van der Waals surface area contributed by atoms with Gasteiger partial charge in [-0.15, -0.1) is 0 Å². The summed E-state index contributed by atoms with van der Waals surface area (Å²) in [6, 6.07) is 84.0. The number of furan rings is 1. The summed E-state index contributed by atoms with van der Waals surface area (Å²) >= 11 is 0. The minimum atomic E-state index is 0.110. The predicted octanol–water partition coefficient (Wildman–Crippen LogP) is 18.9. The molecule has 2 aromatic heterocycles. The Kier molecular flexibility index (Phi) is 10.5. The number of nitrogens with zero attached hydrogens (tertiary/aromatic N) is 2. The number of fused-ring (bicyclic) bond motifs is 7. The smallest absolute Gasteiger partial charge is 0.159 e. The normalized spacial score (nSPS) is 15.6. The molecule has 2 aliphatic rings. The Hall–Kier alpha value is -9.18. The fourth-order valence-electron chi connectivity index (χ4n) is 11.8. The SMILES string of the molecule is C1=CCC(c2cccc(-c3cccc4c3c3ccccc3n4-c3cccc4c3oc3ccccc34)c2)C(N(C2=CCC(c3ccc(-c4cccc5ccccc45)cc3)C=C2)c2ccc(-c3ccccc3)cc2)=C1. The molecule has 12 aromatic rings. The molecule has 0 N–H and O–H groups in total. The van der Waals surface area contributed by atoms with Gasteiger partial charge in [0.1, 0.15) is 5.58 Å². The van der Waals surface area contributed by atoms with E-state index >= 15 is 0 Å². The molecule has 0 spiro atoms. The lowest BCUT2D eigenvalue weighted by atomic mass is 9.85. The fraction of sp³-hybridized carbons (Fsp3) is 0.0571. The second kappa shape index (κ2) is 17.9. The van der Waals surface area contributed by atoms with Crippen molar-refractivity contribution in [3.63, 3.8) is 0 Å². The van der Waals surface area contributed by atoms with Crippen molar-refractivity contribution in [3.05, 3.63) is 289 Å². The van der Waals surface area contributed by atoms with Crippen molar-refractivity contribution in [2.75, 3.05) is 4.90 Å². The van der Waals surface area contributed by atoms with E-state index in [2.05, 4.69) is 270 Å². The molecule has 14 rings (SSSR count). The van der Waals surface area contributed by atoms with Crippen LogP contribution in [0.1, 0.15) is 35.8 Å². The van der Waals surface area contributed by atoms with E-state index < -0.39 is 0 Å². The molecule has 2 aliphatic carbocycles. The van der Waals surface area contributed by atoms with Crippen LogP contribution in [0.2, 0.25) is 0 Å². The van der Waals surface area contributed by atoms with E-state index in [1.165, 1.54) is 77.4 Å². The van der Waals surface area contributed by atoms with Crippen LogP contribution in [0, 0.1) is 0 Å². The van der Waals surface area contributed by atoms with Gasteiger partial charge in [-0.3, -0.25) is 0 Å². The van der Waals surface area contributed by atoms with Crippen molar-refractivity contribution in [2.45, 2.75) is 24.7 Å². The maximum absolute atomic E-state index is 6.64. The maximum atomic E-state index is 6.64. The highest BCUT2D eigenvalue weighted by Crippen LogP contribution is 2.45.